The number of nitrogens with one attached hydrogen (secondary N) is 4. The molecule has 1 aromatic rings. The molecule has 1 aromatic heterocycles. The second-order valence-electron chi connectivity index (χ2n) is 17.2. The molecule has 0 unspecified atom stereocenters. The van der Waals surface area contributed by atoms with E-state index in [9.17, 15) is 24.3 Å². The van der Waals surface area contributed by atoms with Crippen LogP contribution in [-0.2, 0) is 25.7 Å². The van der Waals surface area contributed by atoms with Gasteiger partial charge in [-0.2, -0.15) is 0 Å². The van der Waals surface area contributed by atoms with E-state index in [1.807, 2.05) is 18.2 Å². The van der Waals surface area contributed by atoms with Crippen molar-refractivity contribution in [2.24, 2.45) is 53.1 Å². The molecule has 0 aliphatic carbocycles. The second-order valence-corrected chi connectivity index (χ2v) is 17.2. The Morgan fingerprint density at radius 3 is 1.27 bits per heavy atom. The van der Waals surface area contributed by atoms with Gasteiger partial charge in [-0.15, -0.1) is 0 Å². The van der Waals surface area contributed by atoms with Gasteiger partial charge in [-0.25, -0.2) is 0 Å². The summed E-state index contributed by atoms with van der Waals surface area (Å²) < 4.78 is 0. The molecular weight excluding hydrogens is 745 g/mol. The predicted octanol–water partition coefficient (Wildman–Crippen LogP) is 7.65. The van der Waals surface area contributed by atoms with E-state index < -0.39 is 5.60 Å². The van der Waals surface area contributed by atoms with E-state index in [-0.39, 0.29) is 61.3 Å². The average molecular weight is 839 g/mol. The molecule has 0 aromatic carbocycles. The zero-order valence-electron chi connectivity index (χ0n) is 39.4. The summed E-state index contributed by atoms with van der Waals surface area (Å²) in [6, 6.07) is 5.73. The molecule has 8 N–H and O–H groups in total. The van der Waals surface area contributed by atoms with Crippen molar-refractivity contribution in [2.45, 2.75) is 168 Å². The summed E-state index contributed by atoms with van der Waals surface area (Å²) in [6.07, 6.45) is 9.63. The molecule has 0 bridgehead atoms. The Hall–Kier alpha value is -3.09. The first-order valence-corrected chi connectivity index (χ1v) is 22.2. The Morgan fingerprint density at radius 2 is 0.983 bits per heavy atom. The molecule has 0 saturated carbocycles. The van der Waals surface area contributed by atoms with Crippen molar-refractivity contribution in [1.82, 2.24) is 26.3 Å². The van der Waals surface area contributed by atoms with Gasteiger partial charge in [-0.05, 0) is 75.3 Å². The lowest BCUT2D eigenvalue weighted by Gasteiger charge is -2.23. The lowest BCUT2D eigenvalue weighted by Crippen LogP contribution is -2.42. The van der Waals surface area contributed by atoms with Gasteiger partial charge in [0.05, 0.1) is 24.4 Å². The van der Waals surface area contributed by atoms with Crippen LogP contribution in [0.5, 0.6) is 0 Å². The molecule has 12 heteroatoms. The lowest BCUT2D eigenvalue weighted by atomic mass is 9.90. The number of amides is 4. The van der Waals surface area contributed by atoms with Gasteiger partial charge in [0.1, 0.15) is 0 Å². The van der Waals surface area contributed by atoms with Crippen molar-refractivity contribution in [3.8, 4) is 0 Å². The molecule has 0 radical (unpaired) electrons. The molecule has 0 saturated heterocycles. The average Bonchev–Trinajstić information content (AvgIpc) is 3.16. The third-order valence-electron chi connectivity index (χ3n) is 9.68. The molecule has 12 nitrogen and oxygen atoms in total. The fraction of sp³-hybridized carbons (Fsp3) is 0.809. The van der Waals surface area contributed by atoms with Crippen LogP contribution in [0.4, 0.5) is 0 Å². The van der Waals surface area contributed by atoms with Gasteiger partial charge in [-0.1, -0.05) is 122 Å². The van der Waals surface area contributed by atoms with E-state index in [1.165, 1.54) is 0 Å². The summed E-state index contributed by atoms with van der Waals surface area (Å²) in [5.74, 6) is 2.39. The molecule has 0 fully saturated rings. The molecule has 0 aliphatic rings. The topological polar surface area (TPSA) is 196 Å². The molecule has 0 aliphatic heterocycles. The highest BCUT2D eigenvalue weighted by Crippen LogP contribution is 2.19. The van der Waals surface area contributed by atoms with E-state index in [1.54, 1.807) is 20.0 Å². The second kappa shape index (κ2) is 37.9. The summed E-state index contributed by atoms with van der Waals surface area (Å²) in [4.78, 5) is 51.1. The number of rotatable bonds is 24. The van der Waals surface area contributed by atoms with Crippen LogP contribution in [0, 0.1) is 47.3 Å². The number of pyridine rings is 1. The standard InChI is InChI=1S/C14H22N2O.C12H25NO2.C10H22N2O.C10H21NO2.CH4/c1-4-7-13(11(2)3)14(17)16-10-12-8-5-6-9-15-12;1-6-7-10(9(2)3)11(14)13-8-12(4,5)15;1-4-5-9(8(2)3)10(13)12-7-6-11;1-4-5-9(8(2)3)10(13)11-6-7-12;/h5-6,8-9,11,13H,4,7,10H2,1-3H3,(H,16,17);9-10,15H,6-8H2,1-5H3,(H,13,14);8-9H,4-7,11H2,1-3H3,(H,12,13);8-9,12H,4-7H2,1-3H3,(H,11,13);1H4/t13-;10-;2*9-;/m1111./s1. The maximum absolute atomic E-state index is 12.0. The number of carbonyl (C=O) groups excluding carboxylic acids is 4. The molecule has 4 atom stereocenters. The number of nitrogens with two attached hydrogens (primary N) is 1. The Labute approximate surface area is 362 Å². The molecule has 59 heavy (non-hydrogen) atoms. The number of nitrogens with zero attached hydrogens (tertiary/aromatic N) is 1. The first-order valence-electron chi connectivity index (χ1n) is 22.2. The van der Waals surface area contributed by atoms with Crippen molar-refractivity contribution < 1.29 is 29.4 Å². The summed E-state index contributed by atoms with van der Waals surface area (Å²) in [5, 5.41) is 29.4. The van der Waals surface area contributed by atoms with Crippen molar-refractivity contribution in [3.63, 3.8) is 0 Å². The van der Waals surface area contributed by atoms with Gasteiger partial charge >= 0.3 is 0 Å². The first-order chi connectivity index (χ1) is 27.2. The quantitative estimate of drug-likeness (QED) is 0.0551. The monoisotopic (exact) mass is 839 g/mol. The first kappa shape index (κ1) is 62.6. The van der Waals surface area contributed by atoms with Crippen LogP contribution in [0.2, 0.25) is 0 Å². The Balaban J connectivity index is -0.000000342. The molecule has 4 amide bonds. The van der Waals surface area contributed by atoms with Crippen LogP contribution in [0.25, 0.3) is 0 Å². The number of aromatic nitrogens is 1. The number of hydrogen-bond acceptors (Lipinski definition) is 8. The van der Waals surface area contributed by atoms with E-state index in [0.29, 0.717) is 56.4 Å². The highest BCUT2D eigenvalue weighted by atomic mass is 16.3. The number of carbonyl (C=O) groups is 4. The lowest BCUT2D eigenvalue weighted by molar-refractivity contribution is -0.128. The molecule has 1 heterocycles. The van der Waals surface area contributed by atoms with Gasteiger partial charge in [0.2, 0.25) is 23.6 Å². The molecule has 1 rings (SSSR count). The Morgan fingerprint density at radius 1 is 0.627 bits per heavy atom. The minimum Gasteiger partial charge on any atom is -0.395 e. The van der Waals surface area contributed by atoms with Gasteiger partial charge < -0.3 is 37.2 Å². The Bertz CT molecular complexity index is 1140. The summed E-state index contributed by atoms with van der Waals surface area (Å²) in [6.45, 7) is 30.7. The number of aliphatic hydroxyl groups excluding tert-OH is 1. The Kier molecular flexibility index (Phi) is 40.2. The fourth-order valence-corrected chi connectivity index (χ4v) is 6.20. The zero-order valence-corrected chi connectivity index (χ0v) is 39.4. The predicted molar refractivity (Wildman–Crippen MR) is 247 cm³/mol. The minimum absolute atomic E-state index is 0. The fourth-order valence-electron chi connectivity index (χ4n) is 6.20. The molecule has 348 valence electrons. The summed E-state index contributed by atoms with van der Waals surface area (Å²) in [7, 11) is 0. The van der Waals surface area contributed by atoms with E-state index in [0.717, 1.165) is 57.1 Å². The van der Waals surface area contributed by atoms with E-state index >= 15 is 0 Å². The molecule has 0 spiro atoms. The van der Waals surface area contributed by atoms with Crippen molar-refractivity contribution >= 4 is 23.6 Å². The van der Waals surface area contributed by atoms with Gasteiger partial charge in [0, 0.05) is 56.0 Å². The van der Waals surface area contributed by atoms with Crippen LogP contribution < -0.4 is 27.0 Å². The highest BCUT2D eigenvalue weighted by molar-refractivity contribution is 5.80. The smallest absolute Gasteiger partial charge is 0.223 e. The van der Waals surface area contributed by atoms with Crippen molar-refractivity contribution in [2.75, 3.05) is 32.8 Å². The zero-order chi connectivity index (χ0) is 45.3. The third-order valence-corrected chi connectivity index (χ3v) is 9.68. The van der Waals surface area contributed by atoms with Crippen LogP contribution in [-0.4, -0.2) is 77.2 Å². The maximum atomic E-state index is 12.0. The number of hydrogen-bond donors (Lipinski definition) is 7. The van der Waals surface area contributed by atoms with Gasteiger partial charge in [0.25, 0.3) is 0 Å². The minimum atomic E-state index is -0.830. The molecular formula is C47H94N6O6. The van der Waals surface area contributed by atoms with E-state index in [4.69, 9.17) is 10.8 Å². The van der Waals surface area contributed by atoms with Crippen LogP contribution in [0.1, 0.15) is 161 Å². The SMILES string of the molecule is C.CCC[C@@H](C(=O)NCC(C)(C)O)C(C)C.CCC[C@@H](C(=O)NCCN)C(C)C.CCC[C@@H](C(=O)NCCO)C(C)C.CCC[C@@H](C(=O)NCc1ccccn1)C(C)C. The van der Waals surface area contributed by atoms with Gasteiger partial charge in [-0.3, -0.25) is 24.2 Å². The largest absolute Gasteiger partial charge is 0.395 e. The summed E-state index contributed by atoms with van der Waals surface area (Å²) >= 11 is 0. The summed E-state index contributed by atoms with van der Waals surface area (Å²) in [5.41, 5.74) is 5.38. The van der Waals surface area contributed by atoms with Crippen LogP contribution in [0.3, 0.4) is 0 Å². The van der Waals surface area contributed by atoms with E-state index in [2.05, 4.69) is 109 Å². The van der Waals surface area contributed by atoms with Crippen LogP contribution >= 0.6 is 0 Å². The maximum Gasteiger partial charge on any atom is 0.223 e. The van der Waals surface area contributed by atoms with Gasteiger partial charge in [0.15, 0.2) is 0 Å². The third kappa shape index (κ3) is 33.3. The van der Waals surface area contributed by atoms with Crippen molar-refractivity contribution in [1.29, 1.82) is 0 Å². The van der Waals surface area contributed by atoms with Crippen LogP contribution in [0.15, 0.2) is 24.4 Å². The number of aliphatic hydroxyl groups is 2. The highest BCUT2D eigenvalue weighted by Gasteiger charge is 2.24. The van der Waals surface area contributed by atoms with Crippen molar-refractivity contribution in [3.05, 3.63) is 30.1 Å². The normalized spacial score (nSPS) is 12.9.